The fourth-order valence-corrected chi connectivity index (χ4v) is 4.12. The van der Waals surface area contributed by atoms with Crippen LogP contribution in [-0.2, 0) is 16.6 Å². The number of sulfonamides is 1. The van der Waals surface area contributed by atoms with Crippen molar-refractivity contribution in [3.8, 4) is 5.75 Å². The molecule has 1 aromatic rings. The maximum Gasteiger partial charge on any atom is 0.243 e. The molecule has 2 N–H and O–H groups in total. The van der Waals surface area contributed by atoms with Crippen molar-refractivity contribution in [1.29, 1.82) is 0 Å². The van der Waals surface area contributed by atoms with Crippen LogP contribution in [0, 0.1) is 5.92 Å². The Hall–Kier alpha value is -1.11. The molecule has 2 rings (SSSR count). The fourth-order valence-electron chi connectivity index (χ4n) is 2.49. The van der Waals surface area contributed by atoms with Crippen LogP contribution in [0.3, 0.4) is 0 Å². The molecule has 118 valence electrons. The van der Waals surface area contributed by atoms with Gasteiger partial charge in [-0.25, -0.2) is 8.42 Å². The summed E-state index contributed by atoms with van der Waals surface area (Å²) in [5.41, 5.74) is 6.45. The van der Waals surface area contributed by atoms with Gasteiger partial charge in [0.05, 0.1) is 11.5 Å². The lowest BCUT2D eigenvalue weighted by Crippen LogP contribution is -2.28. The first-order valence-electron chi connectivity index (χ1n) is 7.45. The molecular weight excluding hydrogens is 288 g/mol. The minimum Gasteiger partial charge on any atom is -0.493 e. The summed E-state index contributed by atoms with van der Waals surface area (Å²) in [4.78, 5) is 0.306. The Kier molecular flexibility index (Phi) is 5.24. The van der Waals surface area contributed by atoms with Gasteiger partial charge in [0.15, 0.2) is 0 Å². The Morgan fingerprint density at radius 1 is 1.43 bits per heavy atom. The fraction of sp³-hybridized carbons (Fsp3) is 0.600. The van der Waals surface area contributed by atoms with Gasteiger partial charge in [-0.15, -0.1) is 0 Å². The van der Waals surface area contributed by atoms with Gasteiger partial charge in [0.25, 0.3) is 0 Å². The maximum atomic E-state index is 12.6. The Balaban J connectivity index is 2.27. The minimum absolute atomic E-state index is 0.263. The molecule has 0 saturated carbocycles. The molecule has 1 unspecified atom stereocenters. The van der Waals surface area contributed by atoms with E-state index in [-0.39, 0.29) is 6.54 Å². The van der Waals surface area contributed by atoms with Gasteiger partial charge in [-0.05, 0) is 37.0 Å². The van der Waals surface area contributed by atoms with E-state index in [0.29, 0.717) is 36.3 Å². The SMILES string of the molecule is CCCOc1ccc(S(=O)(=O)N2CCC(C)C2)cc1CN. The lowest BCUT2D eigenvalue weighted by atomic mass is 10.2. The quantitative estimate of drug-likeness (QED) is 0.871. The van der Waals surface area contributed by atoms with Gasteiger partial charge in [-0.1, -0.05) is 13.8 Å². The predicted octanol–water partition coefficient (Wildman–Crippen LogP) is 1.96. The largest absolute Gasteiger partial charge is 0.493 e. The zero-order valence-corrected chi connectivity index (χ0v) is 13.5. The first kappa shape index (κ1) is 16.3. The molecule has 0 amide bonds. The minimum atomic E-state index is -3.42. The van der Waals surface area contributed by atoms with Crippen LogP contribution in [0.4, 0.5) is 0 Å². The highest BCUT2D eigenvalue weighted by molar-refractivity contribution is 7.89. The average Bonchev–Trinajstić information content (AvgIpc) is 2.92. The van der Waals surface area contributed by atoms with Gasteiger partial charge in [0, 0.05) is 25.2 Å². The summed E-state index contributed by atoms with van der Waals surface area (Å²) in [5.74, 6) is 1.09. The van der Waals surface area contributed by atoms with Gasteiger partial charge >= 0.3 is 0 Å². The van der Waals surface area contributed by atoms with Crippen LogP contribution in [0.15, 0.2) is 23.1 Å². The second-order valence-electron chi connectivity index (χ2n) is 5.58. The van der Waals surface area contributed by atoms with Crippen LogP contribution in [-0.4, -0.2) is 32.4 Å². The summed E-state index contributed by atoms with van der Waals surface area (Å²) in [5, 5.41) is 0. The van der Waals surface area contributed by atoms with Crippen LogP contribution in [0.5, 0.6) is 5.75 Å². The molecule has 0 aliphatic carbocycles. The number of hydrogen-bond acceptors (Lipinski definition) is 4. The van der Waals surface area contributed by atoms with Crippen molar-refractivity contribution in [3.05, 3.63) is 23.8 Å². The molecule has 1 heterocycles. The summed E-state index contributed by atoms with van der Waals surface area (Å²) >= 11 is 0. The summed E-state index contributed by atoms with van der Waals surface area (Å²) in [6.45, 7) is 6.14. The third-order valence-corrected chi connectivity index (χ3v) is 5.60. The van der Waals surface area contributed by atoms with Gasteiger partial charge < -0.3 is 10.5 Å². The Labute approximate surface area is 127 Å². The molecule has 1 aliphatic rings. The van der Waals surface area contributed by atoms with Gasteiger partial charge in [-0.3, -0.25) is 0 Å². The molecule has 5 nitrogen and oxygen atoms in total. The van der Waals surface area contributed by atoms with E-state index in [1.165, 1.54) is 0 Å². The number of nitrogens with two attached hydrogens (primary N) is 1. The van der Waals surface area contributed by atoms with Crippen molar-refractivity contribution >= 4 is 10.0 Å². The molecule has 0 aromatic heterocycles. The second kappa shape index (κ2) is 6.77. The van der Waals surface area contributed by atoms with E-state index in [0.717, 1.165) is 18.4 Å². The van der Waals surface area contributed by atoms with E-state index < -0.39 is 10.0 Å². The van der Waals surface area contributed by atoms with E-state index in [1.54, 1.807) is 22.5 Å². The first-order valence-corrected chi connectivity index (χ1v) is 8.89. The van der Waals surface area contributed by atoms with Gasteiger partial charge in [-0.2, -0.15) is 4.31 Å². The van der Waals surface area contributed by atoms with Crippen LogP contribution in [0.25, 0.3) is 0 Å². The number of hydrogen-bond donors (Lipinski definition) is 1. The van der Waals surface area contributed by atoms with Crippen molar-refractivity contribution < 1.29 is 13.2 Å². The number of ether oxygens (including phenoxy) is 1. The highest BCUT2D eigenvalue weighted by Crippen LogP contribution is 2.27. The van der Waals surface area contributed by atoms with E-state index in [9.17, 15) is 8.42 Å². The van der Waals surface area contributed by atoms with E-state index in [1.807, 2.05) is 6.92 Å². The third-order valence-electron chi connectivity index (χ3n) is 3.74. The molecule has 21 heavy (non-hydrogen) atoms. The number of rotatable bonds is 6. The first-order chi connectivity index (χ1) is 9.98. The lowest BCUT2D eigenvalue weighted by Gasteiger charge is -2.17. The van der Waals surface area contributed by atoms with Gasteiger partial charge in [0.2, 0.25) is 10.0 Å². The topological polar surface area (TPSA) is 72.6 Å². The van der Waals surface area contributed by atoms with Crippen LogP contribution in [0.2, 0.25) is 0 Å². The average molecular weight is 312 g/mol. The number of benzene rings is 1. The lowest BCUT2D eigenvalue weighted by molar-refractivity contribution is 0.314. The summed E-state index contributed by atoms with van der Waals surface area (Å²) in [6, 6.07) is 4.97. The van der Waals surface area contributed by atoms with Crippen LogP contribution >= 0.6 is 0 Å². The zero-order valence-electron chi connectivity index (χ0n) is 12.7. The second-order valence-corrected chi connectivity index (χ2v) is 7.52. The highest BCUT2D eigenvalue weighted by Gasteiger charge is 2.30. The van der Waals surface area contributed by atoms with Crippen molar-refractivity contribution in [2.45, 2.75) is 38.1 Å². The third kappa shape index (κ3) is 3.56. The summed E-state index contributed by atoms with van der Waals surface area (Å²) in [6.07, 6.45) is 1.82. The highest BCUT2D eigenvalue weighted by atomic mass is 32.2. The smallest absolute Gasteiger partial charge is 0.243 e. The molecule has 1 fully saturated rings. The van der Waals surface area contributed by atoms with Gasteiger partial charge in [0.1, 0.15) is 5.75 Å². The molecule has 6 heteroatoms. The van der Waals surface area contributed by atoms with Crippen molar-refractivity contribution in [2.75, 3.05) is 19.7 Å². The molecule has 1 aromatic carbocycles. The van der Waals surface area contributed by atoms with Crippen molar-refractivity contribution in [3.63, 3.8) is 0 Å². The Morgan fingerprint density at radius 3 is 2.76 bits per heavy atom. The standard InChI is InChI=1S/C15H24N2O3S/c1-3-8-20-15-5-4-14(9-13(15)10-16)21(18,19)17-7-6-12(2)11-17/h4-5,9,12H,3,6-8,10-11,16H2,1-2H3. The molecule has 0 bridgehead atoms. The molecule has 1 atom stereocenters. The monoisotopic (exact) mass is 312 g/mol. The van der Waals surface area contributed by atoms with Crippen LogP contribution in [0.1, 0.15) is 32.3 Å². The summed E-state index contributed by atoms with van der Waals surface area (Å²) < 4.78 is 32.4. The van der Waals surface area contributed by atoms with Crippen LogP contribution < -0.4 is 10.5 Å². The number of nitrogens with zero attached hydrogens (tertiary/aromatic N) is 1. The predicted molar refractivity (Wildman–Crippen MR) is 82.7 cm³/mol. The normalized spacial score (nSPS) is 19.9. The molecule has 0 spiro atoms. The molecule has 1 saturated heterocycles. The van der Waals surface area contributed by atoms with Crippen molar-refractivity contribution in [2.24, 2.45) is 11.7 Å². The molecule has 1 aliphatic heterocycles. The Bertz CT molecular complexity index is 587. The zero-order chi connectivity index (χ0) is 15.5. The molecule has 0 radical (unpaired) electrons. The van der Waals surface area contributed by atoms with E-state index in [4.69, 9.17) is 10.5 Å². The summed E-state index contributed by atoms with van der Waals surface area (Å²) in [7, 11) is -3.42. The van der Waals surface area contributed by atoms with Crippen molar-refractivity contribution in [1.82, 2.24) is 4.31 Å². The molecular formula is C15H24N2O3S. The Morgan fingerprint density at radius 2 is 2.19 bits per heavy atom. The van der Waals surface area contributed by atoms with E-state index >= 15 is 0 Å². The maximum absolute atomic E-state index is 12.6. The van der Waals surface area contributed by atoms with E-state index in [2.05, 4.69) is 6.92 Å².